The number of benzene rings is 1. The van der Waals surface area contributed by atoms with Crippen LogP contribution in [0.2, 0.25) is 0 Å². The number of hydrogen-bond donors (Lipinski definition) is 2. The Kier molecular flexibility index (Phi) is 10.2. The Morgan fingerprint density at radius 3 is 1.47 bits per heavy atom. The Balaban J connectivity index is 0.000000325. The standard InChI is InChI=1S/C10H10.C4H10O3/c1-3-9-5-7-10(4-2)8-6-9;5-1-3-7-4-2-6/h3-8H,1-2H2;5-6H,1-4H2. The van der Waals surface area contributed by atoms with Gasteiger partial charge in [0.05, 0.1) is 26.4 Å². The lowest BCUT2D eigenvalue weighted by molar-refractivity contribution is 0.0650. The maximum absolute atomic E-state index is 8.09. The number of aliphatic hydroxyl groups is 2. The minimum absolute atomic E-state index is 0.0278. The van der Waals surface area contributed by atoms with Gasteiger partial charge in [0.2, 0.25) is 0 Å². The van der Waals surface area contributed by atoms with E-state index in [4.69, 9.17) is 10.2 Å². The van der Waals surface area contributed by atoms with E-state index in [1.54, 1.807) is 0 Å². The molecular weight excluding hydrogens is 216 g/mol. The molecule has 0 aromatic heterocycles. The third-order valence-corrected chi connectivity index (χ3v) is 1.88. The van der Waals surface area contributed by atoms with Gasteiger partial charge in [-0.15, -0.1) is 0 Å². The lowest BCUT2D eigenvalue weighted by Crippen LogP contribution is -2.03. The highest BCUT2D eigenvalue weighted by atomic mass is 16.5. The Hall–Kier alpha value is -1.42. The third-order valence-electron chi connectivity index (χ3n) is 1.88. The summed E-state index contributed by atoms with van der Waals surface area (Å²) in [7, 11) is 0. The van der Waals surface area contributed by atoms with E-state index in [2.05, 4.69) is 17.9 Å². The van der Waals surface area contributed by atoms with E-state index in [0.717, 1.165) is 11.1 Å². The van der Waals surface area contributed by atoms with Gasteiger partial charge < -0.3 is 14.9 Å². The van der Waals surface area contributed by atoms with Crippen molar-refractivity contribution in [2.75, 3.05) is 26.4 Å². The molecule has 0 aliphatic heterocycles. The summed E-state index contributed by atoms with van der Waals surface area (Å²) in [5, 5.41) is 16.2. The molecule has 2 N–H and O–H groups in total. The van der Waals surface area contributed by atoms with Crippen LogP contribution in [0, 0.1) is 0 Å². The van der Waals surface area contributed by atoms with Gasteiger partial charge in [0, 0.05) is 0 Å². The Labute approximate surface area is 103 Å². The smallest absolute Gasteiger partial charge is 0.0698 e. The van der Waals surface area contributed by atoms with Gasteiger partial charge >= 0.3 is 0 Å². The van der Waals surface area contributed by atoms with Gasteiger partial charge in [-0.3, -0.25) is 0 Å². The zero-order valence-corrected chi connectivity index (χ0v) is 10.0. The highest BCUT2D eigenvalue weighted by Crippen LogP contribution is 2.05. The first-order valence-electron chi connectivity index (χ1n) is 5.43. The van der Waals surface area contributed by atoms with E-state index < -0.39 is 0 Å². The Morgan fingerprint density at radius 1 is 0.882 bits per heavy atom. The first-order chi connectivity index (χ1) is 8.28. The highest BCUT2D eigenvalue weighted by Gasteiger charge is 1.84. The number of ether oxygens (including phenoxy) is 1. The zero-order chi connectivity index (χ0) is 12.9. The average molecular weight is 236 g/mol. The molecule has 0 aliphatic rings. The van der Waals surface area contributed by atoms with Gasteiger partial charge in [-0.2, -0.15) is 0 Å². The van der Waals surface area contributed by atoms with Crippen molar-refractivity contribution in [3.63, 3.8) is 0 Å². The van der Waals surface area contributed by atoms with Gasteiger partial charge in [-0.1, -0.05) is 49.6 Å². The molecule has 0 heterocycles. The largest absolute Gasteiger partial charge is 0.394 e. The van der Waals surface area contributed by atoms with Gasteiger partial charge in [-0.05, 0) is 11.1 Å². The van der Waals surface area contributed by atoms with Crippen LogP contribution in [0.3, 0.4) is 0 Å². The van der Waals surface area contributed by atoms with Crippen molar-refractivity contribution < 1.29 is 14.9 Å². The van der Waals surface area contributed by atoms with Gasteiger partial charge in [0.15, 0.2) is 0 Å². The summed E-state index contributed by atoms with van der Waals surface area (Å²) in [6.45, 7) is 8.02. The van der Waals surface area contributed by atoms with Crippen LogP contribution >= 0.6 is 0 Å². The van der Waals surface area contributed by atoms with Crippen molar-refractivity contribution in [3.8, 4) is 0 Å². The normalized spacial score (nSPS) is 9.06. The van der Waals surface area contributed by atoms with E-state index in [1.165, 1.54) is 0 Å². The van der Waals surface area contributed by atoms with Crippen molar-refractivity contribution in [2.24, 2.45) is 0 Å². The predicted molar refractivity (Wildman–Crippen MR) is 71.6 cm³/mol. The molecule has 0 saturated heterocycles. The van der Waals surface area contributed by atoms with Gasteiger partial charge in [0.25, 0.3) is 0 Å². The van der Waals surface area contributed by atoms with Crippen LogP contribution in [0.15, 0.2) is 37.4 Å². The molecule has 0 unspecified atom stereocenters. The third kappa shape index (κ3) is 8.39. The van der Waals surface area contributed by atoms with Crippen molar-refractivity contribution in [2.45, 2.75) is 0 Å². The molecule has 17 heavy (non-hydrogen) atoms. The quantitative estimate of drug-likeness (QED) is 0.742. The summed E-state index contributed by atoms with van der Waals surface area (Å²) in [5.41, 5.74) is 2.29. The van der Waals surface area contributed by atoms with Crippen molar-refractivity contribution in [1.29, 1.82) is 0 Å². The monoisotopic (exact) mass is 236 g/mol. The second-order valence-corrected chi connectivity index (χ2v) is 3.13. The van der Waals surface area contributed by atoms with Gasteiger partial charge in [-0.25, -0.2) is 0 Å². The molecule has 1 aromatic carbocycles. The molecule has 0 radical (unpaired) electrons. The van der Waals surface area contributed by atoms with Crippen molar-refractivity contribution in [3.05, 3.63) is 48.6 Å². The molecule has 94 valence electrons. The molecule has 0 aliphatic carbocycles. The lowest BCUT2D eigenvalue weighted by atomic mass is 10.1. The molecule has 3 nitrogen and oxygen atoms in total. The minimum Gasteiger partial charge on any atom is -0.394 e. The van der Waals surface area contributed by atoms with Gasteiger partial charge in [0.1, 0.15) is 0 Å². The summed E-state index contributed by atoms with van der Waals surface area (Å²) >= 11 is 0. The fourth-order valence-corrected chi connectivity index (χ4v) is 0.999. The Bertz CT molecular complexity index is 273. The maximum Gasteiger partial charge on any atom is 0.0698 e. The van der Waals surface area contributed by atoms with E-state index in [9.17, 15) is 0 Å². The summed E-state index contributed by atoms with van der Waals surface area (Å²) in [4.78, 5) is 0. The first-order valence-corrected chi connectivity index (χ1v) is 5.43. The molecule has 0 atom stereocenters. The lowest BCUT2D eigenvalue weighted by Gasteiger charge is -1.94. The maximum atomic E-state index is 8.09. The molecule has 1 aromatic rings. The van der Waals surface area contributed by atoms with Crippen LogP contribution < -0.4 is 0 Å². The summed E-state index contributed by atoms with van der Waals surface area (Å²) in [5.74, 6) is 0. The Morgan fingerprint density at radius 2 is 1.24 bits per heavy atom. The zero-order valence-electron chi connectivity index (χ0n) is 10.0. The molecule has 0 fully saturated rings. The molecule has 3 heteroatoms. The fraction of sp³-hybridized carbons (Fsp3) is 0.286. The molecule has 0 amide bonds. The topological polar surface area (TPSA) is 49.7 Å². The summed E-state index contributed by atoms with van der Waals surface area (Å²) < 4.78 is 4.63. The SMILES string of the molecule is C=Cc1ccc(C=C)cc1.OCCOCCO. The first kappa shape index (κ1) is 15.6. The predicted octanol–water partition coefficient (Wildman–Crippen LogP) is 1.96. The molecule has 0 saturated carbocycles. The number of rotatable bonds is 6. The van der Waals surface area contributed by atoms with E-state index >= 15 is 0 Å². The van der Waals surface area contributed by atoms with Crippen LogP contribution in [0.5, 0.6) is 0 Å². The van der Waals surface area contributed by atoms with Crippen LogP contribution in [0.1, 0.15) is 11.1 Å². The van der Waals surface area contributed by atoms with Crippen LogP contribution in [0.4, 0.5) is 0 Å². The molecule has 1 rings (SSSR count). The van der Waals surface area contributed by atoms with E-state index in [-0.39, 0.29) is 13.2 Å². The number of aliphatic hydroxyl groups excluding tert-OH is 2. The fourth-order valence-electron chi connectivity index (χ4n) is 0.999. The van der Waals surface area contributed by atoms with E-state index in [1.807, 2.05) is 36.4 Å². The van der Waals surface area contributed by atoms with Crippen molar-refractivity contribution >= 4 is 12.2 Å². The van der Waals surface area contributed by atoms with Crippen LogP contribution in [0.25, 0.3) is 12.2 Å². The number of hydrogen-bond acceptors (Lipinski definition) is 3. The average Bonchev–Trinajstić information content (AvgIpc) is 2.40. The van der Waals surface area contributed by atoms with Crippen molar-refractivity contribution in [1.82, 2.24) is 0 Å². The molecule has 0 bridgehead atoms. The second-order valence-electron chi connectivity index (χ2n) is 3.13. The summed E-state index contributed by atoms with van der Waals surface area (Å²) in [6.07, 6.45) is 3.65. The second kappa shape index (κ2) is 11.1. The summed E-state index contributed by atoms with van der Waals surface area (Å²) in [6, 6.07) is 8.07. The van der Waals surface area contributed by atoms with Crippen LogP contribution in [-0.2, 0) is 4.74 Å². The highest BCUT2D eigenvalue weighted by molar-refractivity contribution is 5.53. The van der Waals surface area contributed by atoms with Crippen LogP contribution in [-0.4, -0.2) is 36.6 Å². The minimum atomic E-state index is 0.0278. The molecule has 0 spiro atoms. The molecular formula is C14H20O3. The van der Waals surface area contributed by atoms with E-state index in [0.29, 0.717) is 13.2 Å².